The maximum atomic E-state index is 12.7. The van der Waals surface area contributed by atoms with Crippen LogP contribution in [0.25, 0.3) is 0 Å². The highest BCUT2D eigenvalue weighted by molar-refractivity contribution is 6.06. The predicted octanol–water partition coefficient (Wildman–Crippen LogP) is 2.91. The maximum absolute atomic E-state index is 12.7. The van der Waals surface area contributed by atoms with Gasteiger partial charge in [-0.3, -0.25) is 14.5 Å². The first-order chi connectivity index (χ1) is 14.0. The highest BCUT2D eigenvalue weighted by Gasteiger charge is 2.40. The summed E-state index contributed by atoms with van der Waals surface area (Å²) in [5.41, 5.74) is 2.00. The van der Waals surface area contributed by atoms with E-state index in [0.717, 1.165) is 35.8 Å². The van der Waals surface area contributed by atoms with E-state index in [2.05, 4.69) is 4.90 Å². The summed E-state index contributed by atoms with van der Waals surface area (Å²) in [5.74, 6) is 1.90. The lowest BCUT2D eigenvalue weighted by atomic mass is 9.94. The summed E-state index contributed by atoms with van der Waals surface area (Å²) < 4.78 is 5.84. The summed E-state index contributed by atoms with van der Waals surface area (Å²) in [4.78, 5) is 34.8. The highest BCUT2D eigenvalue weighted by atomic mass is 16.5. The highest BCUT2D eigenvalue weighted by Crippen LogP contribution is 2.35. The number of benzene rings is 1. The molecular weight excluding hydrogens is 368 g/mol. The fourth-order valence-corrected chi connectivity index (χ4v) is 4.37. The zero-order valence-corrected chi connectivity index (χ0v) is 17.4. The fraction of sp³-hybridized carbons (Fsp3) is 0.591. The third kappa shape index (κ3) is 4.23. The lowest BCUT2D eigenvalue weighted by molar-refractivity contribution is -0.129. The molecule has 7 heteroatoms. The van der Waals surface area contributed by atoms with Gasteiger partial charge in [0.25, 0.3) is 0 Å². The van der Waals surface area contributed by atoms with Crippen molar-refractivity contribution in [2.24, 2.45) is 4.99 Å². The number of ether oxygens (including phenoxy) is 1. The van der Waals surface area contributed by atoms with E-state index in [-0.39, 0.29) is 11.8 Å². The monoisotopic (exact) mass is 398 g/mol. The van der Waals surface area contributed by atoms with Gasteiger partial charge in [0.15, 0.2) is 0 Å². The first-order valence-electron chi connectivity index (χ1n) is 10.6. The molecule has 4 rings (SSSR count). The van der Waals surface area contributed by atoms with Gasteiger partial charge < -0.3 is 14.5 Å². The van der Waals surface area contributed by atoms with Crippen molar-refractivity contribution in [3.8, 4) is 5.75 Å². The Balaban J connectivity index is 1.42. The topological polar surface area (TPSA) is 65.5 Å². The molecule has 0 bridgehead atoms. The number of fused-ring (bicyclic) bond motifs is 2. The molecule has 1 saturated carbocycles. The second-order valence-electron chi connectivity index (χ2n) is 8.35. The summed E-state index contributed by atoms with van der Waals surface area (Å²) in [6.45, 7) is 1.59. The van der Waals surface area contributed by atoms with E-state index < -0.39 is 0 Å². The molecular formula is C22H30N4O3. The van der Waals surface area contributed by atoms with Crippen LogP contribution >= 0.6 is 0 Å². The molecule has 0 radical (unpaired) electrons. The maximum Gasteiger partial charge on any atom is 0.249 e. The van der Waals surface area contributed by atoms with Gasteiger partial charge in [-0.25, -0.2) is 4.99 Å². The Kier molecular flexibility index (Phi) is 5.74. The normalized spacial score (nSPS) is 19.0. The van der Waals surface area contributed by atoms with E-state index in [1.165, 1.54) is 19.3 Å². The minimum Gasteiger partial charge on any atom is -0.494 e. The Hall–Kier alpha value is -2.57. The van der Waals surface area contributed by atoms with Crippen molar-refractivity contribution in [1.29, 1.82) is 0 Å². The standard InChI is InChI=1S/C22H30N4O3/c1-24(2)20(27)9-6-12-29-18-10-11-19-16(13-18)14-25-15-21(28)26(22(25)23-19)17-7-4-3-5-8-17/h10-11,13,17H,3-9,12,14-15H2,1-2H3. The molecule has 2 fully saturated rings. The van der Waals surface area contributed by atoms with E-state index in [4.69, 9.17) is 9.73 Å². The number of carbonyl (C=O) groups excluding carboxylic acids is 2. The van der Waals surface area contributed by atoms with Gasteiger partial charge in [0.1, 0.15) is 12.3 Å². The summed E-state index contributed by atoms with van der Waals surface area (Å²) in [6.07, 6.45) is 6.98. The van der Waals surface area contributed by atoms with Crippen LogP contribution in [-0.4, -0.2) is 65.8 Å². The van der Waals surface area contributed by atoms with E-state index in [9.17, 15) is 9.59 Å². The first-order valence-corrected chi connectivity index (χ1v) is 10.6. The number of carbonyl (C=O) groups is 2. The van der Waals surface area contributed by atoms with E-state index in [1.807, 2.05) is 23.1 Å². The Morgan fingerprint density at radius 1 is 1.21 bits per heavy atom. The number of guanidine groups is 1. The molecule has 2 heterocycles. The molecule has 0 unspecified atom stereocenters. The fourth-order valence-electron chi connectivity index (χ4n) is 4.37. The lowest BCUT2D eigenvalue weighted by Gasteiger charge is -2.33. The Morgan fingerprint density at radius 2 is 2.00 bits per heavy atom. The van der Waals surface area contributed by atoms with Crippen LogP contribution in [0.15, 0.2) is 23.2 Å². The zero-order chi connectivity index (χ0) is 20.4. The summed E-state index contributed by atoms with van der Waals surface area (Å²) in [5, 5.41) is 0. The molecule has 7 nitrogen and oxygen atoms in total. The van der Waals surface area contributed by atoms with Crippen LogP contribution in [0, 0.1) is 0 Å². The molecule has 2 aliphatic heterocycles. The molecule has 1 aromatic rings. The van der Waals surface area contributed by atoms with Crippen LogP contribution in [0.4, 0.5) is 5.69 Å². The average molecular weight is 399 g/mol. The van der Waals surface area contributed by atoms with Crippen molar-refractivity contribution in [1.82, 2.24) is 14.7 Å². The molecule has 0 spiro atoms. The van der Waals surface area contributed by atoms with Gasteiger partial charge in [0, 0.05) is 38.7 Å². The number of amides is 2. The van der Waals surface area contributed by atoms with Gasteiger partial charge in [0.05, 0.1) is 12.3 Å². The van der Waals surface area contributed by atoms with Gasteiger partial charge in [-0.05, 0) is 37.5 Å². The van der Waals surface area contributed by atoms with Crippen molar-refractivity contribution in [2.75, 3.05) is 27.2 Å². The predicted molar refractivity (Wildman–Crippen MR) is 111 cm³/mol. The molecule has 0 aromatic heterocycles. The van der Waals surface area contributed by atoms with Crippen LogP contribution in [0.1, 0.15) is 50.5 Å². The molecule has 1 saturated heterocycles. The van der Waals surface area contributed by atoms with Crippen LogP contribution in [0.3, 0.4) is 0 Å². The molecule has 1 aromatic carbocycles. The average Bonchev–Trinajstić information content (AvgIpc) is 3.04. The second kappa shape index (κ2) is 8.43. The quantitative estimate of drug-likeness (QED) is 0.691. The van der Waals surface area contributed by atoms with Crippen molar-refractivity contribution in [3.63, 3.8) is 0 Å². The Morgan fingerprint density at radius 3 is 2.76 bits per heavy atom. The summed E-state index contributed by atoms with van der Waals surface area (Å²) in [7, 11) is 3.53. The zero-order valence-electron chi connectivity index (χ0n) is 17.4. The third-order valence-electron chi connectivity index (χ3n) is 5.97. The molecule has 3 aliphatic rings. The summed E-state index contributed by atoms with van der Waals surface area (Å²) in [6, 6.07) is 6.21. The van der Waals surface area contributed by atoms with Gasteiger partial charge in [-0.1, -0.05) is 19.3 Å². The first kappa shape index (κ1) is 19.7. The van der Waals surface area contributed by atoms with Crippen molar-refractivity contribution < 1.29 is 14.3 Å². The minimum absolute atomic E-state index is 0.113. The number of nitrogens with zero attached hydrogens (tertiary/aromatic N) is 4. The number of aliphatic imine (C=N–C) groups is 1. The molecule has 0 atom stereocenters. The largest absolute Gasteiger partial charge is 0.494 e. The molecule has 2 amide bonds. The number of rotatable bonds is 6. The third-order valence-corrected chi connectivity index (χ3v) is 5.97. The van der Waals surface area contributed by atoms with Gasteiger partial charge >= 0.3 is 0 Å². The second-order valence-corrected chi connectivity index (χ2v) is 8.35. The van der Waals surface area contributed by atoms with Crippen LogP contribution in [0.5, 0.6) is 5.75 Å². The van der Waals surface area contributed by atoms with Crippen LogP contribution in [0.2, 0.25) is 0 Å². The Bertz CT molecular complexity index is 814. The molecule has 1 aliphatic carbocycles. The van der Waals surface area contributed by atoms with Crippen molar-refractivity contribution >= 4 is 23.5 Å². The van der Waals surface area contributed by atoms with E-state index in [0.29, 0.717) is 38.6 Å². The molecule has 0 N–H and O–H groups in total. The number of hydrogen-bond acceptors (Lipinski definition) is 5. The van der Waals surface area contributed by atoms with Crippen molar-refractivity contribution in [2.45, 2.75) is 57.5 Å². The van der Waals surface area contributed by atoms with E-state index >= 15 is 0 Å². The van der Waals surface area contributed by atoms with Crippen molar-refractivity contribution in [3.05, 3.63) is 23.8 Å². The smallest absolute Gasteiger partial charge is 0.249 e. The van der Waals surface area contributed by atoms with Crippen LogP contribution < -0.4 is 4.74 Å². The van der Waals surface area contributed by atoms with Gasteiger partial charge in [-0.15, -0.1) is 0 Å². The van der Waals surface area contributed by atoms with Crippen LogP contribution in [-0.2, 0) is 16.1 Å². The summed E-state index contributed by atoms with van der Waals surface area (Å²) >= 11 is 0. The Labute approximate surface area is 172 Å². The SMILES string of the molecule is CN(C)C(=O)CCCOc1ccc2c(c1)CN1CC(=O)N(C3CCCCC3)C1=N2. The van der Waals surface area contributed by atoms with Gasteiger partial charge in [0.2, 0.25) is 17.8 Å². The van der Waals surface area contributed by atoms with Gasteiger partial charge in [-0.2, -0.15) is 0 Å². The lowest BCUT2D eigenvalue weighted by Crippen LogP contribution is -2.43. The molecule has 29 heavy (non-hydrogen) atoms. The minimum atomic E-state index is 0.113. The number of hydrogen-bond donors (Lipinski definition) is 0. The molecule has 156 valence electrons. The van der Waals surface area contributed by atoms with E-state index in [1.54, 1.807) is 19.0 Å².